The third-order valence-electron chi connectivity index (χ3n) is 9.34. The number of aliphatic hydroxyl groups is 1. The van der Waals surface area contributed by atoms with Gasteiger partial charge in [0.05, 0.1) is 47.5 Å². The monoisotopic (exact) mass is 708 g/mol. The third kappa shape index (κ3) is 9.38. The molecule has 1 aliphatic rings. The standard InChI is InChI=1S/C40H48N6O6/c1-26-23-46(27(2)25-47)39(50)30-16-12-20-34(43-37(49)22-6-4-5-21-36(48)42-33-18-10-9-17-31(33)41)38(30)52-35(26)24-45(3)40(51)44-32-19-11-14-28-13-7-8-15-29(28)32/h7-20,26-27,35,47H,4-6,21-25,41H2,1-3H3,(H,42,48)(H,43,49)(H,44,51)/t26-,27-,35-/m0/s1. The zero-order valence-corrected chi connectivity index (χ0v) is 29.9. The summed E-state index contributed by atoms with van der Waals surface area (Å²) in [6.07, 6.45) is 1.75. The van der Waals surface area contributed by atoms with E-state index in [9.17, 15) is 24.3 Å². The molecular weight excluding hydrogens is 660 g/mol. The van der Waals surface area contributed by atoms with Crippen molar-refractivity contribution in [1.82, 2.24) is 9.80 Å². The molecule has 4 aromatic carbocycles. The molecule has 0 fully saturated rings. The minimum atomic E-state index is -0.570. The fourth-order valence-electron chi connectivity index (χ4n) is 6.24. The molecule has 52 heavy (non-hydrogen) atoms. The van der Waals surface area contributed by atoms with E-state index in [0.29, 0.717) is 48.4 Å². The van der Waals surface area contributed by atoms with Gasteiger partial charge in [-0.25, -0.2) is 4.79 Å². The molecule has 0 bridgehead atoms. The Bertz CT molecular complexity index is 1890. The quantitative estimate of drug-likeness (QED) is 0.0799. The highest BCUT2D eigenvalue weighted by Crippen LogP contribution is 2.35. The molecule has 3 atom stereocenters. The lowest BCUT2D eigenvalue weighted by Gasteiger charge is -2.38. The van der Waals surface area contributed by atoms with Gasteiger partial charge in [0.25, 0.3) is 5.91 Å². The zero-order chi connectivity index (χ0) is 37.2. The van der Waals surface area contributed by atoms with Crippen molar-refractivity contribution in [2.24, 2.45) is 5.92 Å². The van der Waals surface area contributed by atoms with Crippen molar-refractivity contribution in [3.8, 4) is 5.75 Å². The summed E-state index contributed by atoms with van der Waals surface area (Å²) in [6, 6.07) is 24.8. The molecular formula is C40H48N6O6. The molecule has 0 unspecified atom stereocenters. The van der Waals surface area contributed by atoms with E-state index in [0.717, 1.165) is 10.8 Å². The first-order valence-corrected chi connectivity index (χ1v) is 17.7. The van der Waals surface area contributed by atoms with Crippen LogP contribution in [0, 0.1) is 5.92 Å². The van der Waals surface area contributed by atoms with Crippen LogP contribution in [0.25, 0.3) is 10.8 Å². The van der Waals surface area contributed by atoms with Gasteiger partial charge in [-0.3, -0.25) is 14.4 Å². The summed E-state index contributed by atoms with van der Waals surface area (Å²) in [5, 5.41) is 20.7. The number of nitrogens with zero attached hydrogens (tertiary/aromatic N) is 2. The number of benzene rings is 4. The van der Waals surface area contributed by atoms with Crippen LogP contribution >= 0.6 is 0 Å². The second kappa shape index (κ2) is 17.5. The number of hydrogen-bond acceptors (Lipinski definition) is 7. The van der Waals surface area contributed by atoms with Gasteiger partial charge in [-0.15, -0.1) is 0 Å². The Kier molecular flexibility index (Phi) is 12.7. The van der Waals surface area contributed by atoms with Crippen LogP contribution in [0.1, 0.15) is 56.3 Å². The van der Waals surface area contributed by atoms with Crippen LogP contribution in [0.2, 0.25) is 0 Å². The van der Waals surface area contributed by atoms with Crippen molar-refractivity contribution in [2.45, 2.75) is 58.1 Å². The summed E-state index contributed by atoms with van der Waals surface area (Å²) < 4.78 is 6.58. The minimum absolute atomic E-state index is 0.142. The highest BCUT2D eigenvalue weighted by Gasteiger charge is 2.35. The molecule has 0 aromatic heterocycles. The number of ether oxygens (including phenoxy) is 1. The number of carbonyl (C=O) groups excluding carboxylic acids is 4. The molecule has 0 aliphatic carbocycles. The highest BCUT2D eigenvalue weighted by atomic mass is 16.5. The molecule has 0 spiro atoms. The molecule has 12 heteroatoms. The fraction of sp³-hybridized carbons (Fsp3) is 0.350. The second-order valence-corrected chi connectivity index (χ2v) is 13.4. The van der Waals surface area contributed by atoms with Crippen molar-refractivity contribution in [1.29, 1.82) is 0 Å². The molecule has 5 rings (SSSR count). The van der Waals surface area contributed by atoms with E-state index in [-0.39, 0.29) is 67.1 Å². The van der Waals surface area contributed by atoms with Crippen molar-refractivity contribution in [3.05, 3.63) is 90.5 Å². The predicted molar refractivity (Wildman–Crippen MR) is 204 cm³/mol. The number of hydrogen-bond donors (Lipinski definition) is 5. The second-order valence-electron chi connectivity index (χ2n) is 13.4. The van der Waals surface area contributed by atoms with E-state index in [4.69, 9.17) is 10.5 Å². The molecule has 0 saturated heterocycles. The van der Waals surface area contributed by atoms with Crippen LogP contribution in [0.4, 0.5) is 27.5 Å². The van der Waals surface area contributed by atoms with E-state index < -0.39 is 12.1 Å². The van der Waals surface area contributed by atoms with Gasteiger partial charge in [0.2, 0.25) is 11.8 Å². The van der Waals surface area contributed by atoms with Gasteiger partial charge < -0.3 is 41.3 Å². The summed E-state index contributed by atoms with van der Waals surface area (Å²) in [5.41, 5.74) is 8.26. The number of unbranched alkanes of at least 4 members (excludes halogenated alkanes) is 2. The first kappa shape index (κ1) is 37.6. The van der Waals surface area contributed by atoms with Gasteiger partial charge in [0.15, 0.2) is 5.75 Å². The van der Waals surface area contributed by atoms with Gasteiger partial charge >= 0.3 is 6.03 Å². The number of amides is 5. The van der Waals surface area contributed by atoms with Crippen molar-refractivity contribution in [2.75, 3.05) is 48.4 Å². The molecule has 274 valence electrons. The number of para-hydroxylation sites is 3. The van der Waals surface area contributed by atoms with Crippen LogP contribution in [0.5, 0.6) is 5.75 Å². The van der Waals surface area contributed by atoms with Gasteiger partial charge in [0.1, 0.15) is 6.10 Å². The van der Waals surface area contributed by atoms with Crippen LogP contribution in [-0.2, 0) is 9.59 Å². The van der Waals surface area contributed by atoms with Gasteiger partial charge in [-0.1, -0.05) is 67.9 Å². The van der Waals surface area contributed by atoms with Crippen LogP contribution < -0.4 is 26.4 Å². The number of urea groups is 1. The summed E-state index contributed by atoms with van der Waals surface area (Å²) in [6.45, 7) is 3.95. The lowest BCUT2D eigenvalue weighted by Crippen LogP contribution is -2.50. The minimum Gasteiger partial charge on any atom is -0.485 e. The summed E-state index contributed by atoms with van der Waals surface area (Å²) in [7, 11) is 1.68. The number of aliphatic hydroxyl groups excluding tert-OH is 1. The van der Waals surface area contributed by atoms with E-state index in [1.807, 2.05) is 49.4 Å². The maximum atomic E-state index is 13.9. The molecule has 1 aliphatic heterocycles. The third-order valence-corrected chi connectivity index (χ3v) is 9.34. The van der Waals surface area contributed by atoms with E-state index >= 15 is 0 Å². The number of likely N-dealkylation sites (N-methyl/N-ethyl adjacent to an activating group) is 1. The Morgan fingerprint density at radius 3 is 2.21 bits per heavy atom. The molecule has 0 saturated carbocycles. The lowest BCUT2D eigenvalue weighted by molar-refractivity contribution is -0.116. The number of fused-ring (bicyclic) bond motifs is 2. The van der Waals surface area contributed by atoms with Crippen LogP contribution in [-0.4, -0.2) is 77.5 Å². The Labute approximate surface area is 304 Å². The van der Waals surface area contributed by atoms with Crippen LogP contribution in [0.3, 0.4) is 0 Å². The van der Waals surface area contributed by atoms with E-state index in [1.54, 1.807) is 66.2 Å². The normalized spacial score (nSPS) is 16.2. The Balaban J connectivity index is 1.25. The molecule has 1 heterocycles. The van der Waals surface area contributed by atoms with Crippen molar-refractivity contribution >= 4 is 57.3 Å². The maximum absolute atomic E-state index is 13.9. The first-order chi connectivity index (χ1) is 25.0. The summed E-state index contributed by atoms with van der Waals surface area (Å²) in [5.74, 6) is -0.761. The van der Waals surface area contributed by atoms with E-state index in [2.05, 4.69) is 16.0 Å². The van der Waals surface area contributed by atoms with Gasteiger partial charge in [0, 0.05) is 37.7 Å². The van der Waals surface area contributed by atoms with Crippen LogP contribution in [0.15, 0.2) is 84.9 Å². The topological polar surface area (TPSA) is 166 Å². The molecule has 5 amide bonds. The molecule has 6 N–H and O–H groups in total. The Hall–Kier alpha value is -5.62. The number of anilines is 4. The molecule has 0 radical (unpaired) electrons. The largest absolute Gasteiger partial charge is 0.485 e. The number of nitrogens with two attached hydrogens (primary N) is 1. The first-order valence-electron chi connectivity index (χ1n) is 17.7. The summed E-state index contributed by atoms with van der Waals surface area (Å²) in [4.78, 5) is 56.0. The maximum Gasteiger partial charge on any atom is 0.321 e. The number of rotatable bonds is 13. The smallest absolute Gasteiger partial charge is 0.321 e. The van der Waals surface area contributed by atoms with Crippen molar-refractivity contribution in [3.63, 3.8) is 0 Å². The van der Waals surface area contributed by atoms with E-state index in [1.165, 1.54) is 0 Å². The average Bonchev–Trinajstić information content (AvgIpc) is 3.13. The van der Waals surface area contributed by atoms with Gasteiger partial charge in [-0.05, 0) is 55.5 Å². The Morgan fingerprint density at radius 2 is 1.48 bits per heavy atom. The fourth-order valence-corrected chi connectivity index (χ4v) is 6.24. The lowest BCUT2D eigenvalue weighted by atomic mass is 9.99. The SMILES string of the molecule is C[C@H]1CN([C@@H](C)CO)C(=O)c2cccc(NC(=O)CCCCCC(=O)Nc3ccccc3N)c2O[C@H]1CN(C)C(=O)Nc1cccc2ccccc12. The summed E-state index contributed by atoms with van der Waals surface area (Å²) >= 11 is 0. The number of nitrogens with one attached hydrogen (secondary N) is 3. The molecule has 12 nitrogen and oxygen atoms in total. The predicted octanol–water partition coefficient (Wildman–Crippen LogP) is 6.33. The zero-order valence-electron chi connectivity index (χ0n) is 29.9. The van der Waals surface area contributed by atoms with Gasteiger partial charge in [-0.2, -0.15) is 0 Å². The Morgan fingerprint density at radius 1 is 0.865 bits per heavy atom. The number of carbonyl (C=O) groups is 4. The highest BCUT2D eigenvalue weighted by molar-refractivity contribution is 6.02. The average molecular weight is 709 g/mol. The number of nitrogen functional groups attached to an aromatic ring is 1. The molecule has 4 aromatic rings. The van der Waals surface area contributed by atoms with Crippen molar-refractivity contribution < 1.29 is 29.0 Å².